The van der Waals surface area contributed by atoms with E-state index in [4.69, 9.17) is 5.11 Å². The van der Waals surface area contributed by atoms with Crippen LogP contribution >= 0.6 is 0 Å². The molecule has 0 aliphatic heterocycles. The van der Waals surface area contributed by atoms with E-state index in [1.54, 1.807) is 0 Å². The number of carbonyl (C=O) groups is 3. The Morgan fingerprint density at radius 1 is 1.11 bits per heavy atom. The molecule has 0 bridgehead atoms. The molecule has 3 N–H and O–H groups in total. The Bertz CT molecular complexity index is 313. The summed E-state index contributed by atoms with van der Waals surface area (Å²) >= 11 is 0. The Balaban J connectivity index is 3.77. The zero-order valence-corrected chi connectivity index (χ0v) is 11.2. The van der Waals surface area contributed by atoms with Gasteiger partial charge in [0.2, 0.25) is 11.8 Å². The lowest BCUT2D eigenvalue weighted by Crippen LogP contribution is -2.37. The van der Waals surface area contributed by atoms with Crippen LogP contribution in [0.5, 0.6) is 0 Å². The number of carbonyl (C=O) groups excluding carboxylic acids is 2. The third-order valence-electron chi connectivity index (χ3n) is 2.64. The van der Waals surface area contributed by atoms with Gasteiger partial charge in [0.25, 0.3) is 0 Å². The molecule has 0 radical (unpaired) electrons. The highest BCUT2D eigenvalue weighted by atomic mass is 16.4. The maximum absolute atomic E-state index is 11.3. The summed E-state index contributed by atoms with van der Waals surface area (Å²) in [6, 6.07) is 0. The normalized spacial score (nSPS) is 10.8. The van der Waals surface area contributed by atoms with Gasteiger partial charge in [-0.3, -0.25) is 14.4 Å². The van der Waals surface area contributed by atoms with Crippen LogP contribution < -0.4 is 10.6 Å². The first-order chi connectivity index (χ1) is 8.23. The maximum Gasteiger partial charge on any atom is 0.303 e. The molecule has 0 aliphatic carbocycles. The molecule has 0 saturated heterocycles. The zero-order valence-electron chi connectivity index (χ0n) is 11.2. The molecule has 0 heterocycles. The summed E-state index contributed by atoms with van der Waals surface area (Å²) in [7, 11) is 0. The van der Waals surface area contributed by atoms with Crippen molar-refractivity contribution in [1.82, 2.24) is 10.6 Å². The van der Waals surface area contributed by atoms with E-state index in [0.29, 0.717) is 19.4 Å². The minimum absolute atomic E-state index is 0.0229. The number of carboxylic acids is 1. The minimum atomic E-state index is -0.808. The van der Waals surface area contributed by atoms with Crippen molar-refractivity contribution >= 4 is 17.8 Å². The van der Waals surface area contributed by atoms with Crippen LogP contribution in [0, 0.1) is 5.41 Å². The molecule has 0 aliphatic rings. The van der Waals surface area contributed by atoms with Crippen molar-refractivity contribution < 1.29 is 19.5 Å². The predicted molar refractivity (Wildman–Crippen MR) is 67.0 cm³/mol. The Morgan fingerprint density at radius 2 is 1.72 bits per heavy atom. The van der Waals surface area contributed by atoms with Crippen molar-refractivity contribution in [2.75, 3.05) is 13.1 Å². The van der Waals surface area contributed by atoms with Gasteiger partial charge in [0.05, 0.1) is 6.54 Å². The fourth-order valence-electron chi connectivity index (χ4n) is 1.38. The molecule has 6 nitrogen and oxygen atoms in total. The fourth-order valence-corrected chi connectivity index (χ4v) is 1.38. The smallest absolute Gasteiger partial charge is 0.303 e. The van der Waals surface area contributed by atoms with Crippen molar-refractivity contribution in [3.63, 3.8) is 0 Å². The van der Waals surface area contributed by atoms with Gasteiger partial charge in [-0.25, -0.2) is 0 Å². The summed E-state index contributed by atoms with van der Waals surface area (Å²) in [5.41, 5.74) is -0.125. The summed E-state index contributed by atoms with van der Waals surface area (Å²) in [6.07, 6.45) is 1.41. The van der Waals surface area contributed by atoms with E-state index in [1.807, 2.05) is 13.8 Å². The van der Waals surface area contributed by atoms with Crippen LogP contribution in [0.1, 0.15) is 40.0 Å². The Labute approximate surface area is 107 Å². The first-order valence-electron chi connectivity index (χ1n) is 5.96. The van der Waals surface area contributed by atoms with E-state index in [2.05, 4.69) is 10.6 Å². The van der Waals surface area contributed by atoms with Gasteiger partial charge in [-0.05, 0) is 18.3 Å². The first kappa shape index (κ1) is 16.4. The Morgan fingerprint density at radius 3 is 2.22 bits per heavy atom. The quantitative estimate of drug-likeness (QED) is 0.591. The van der Waals surface area contributed by atoms with Crippen molar-refractivity contribution in [3.05, 3.63) is 0 Å². The van der Waals surface area contributed by atoms with Crippen LogP contribution in [0.3, 0.4) is 0 Å². The molecule has 0 aromatic rings. The van der Waals surface area contributed by atoms with E-state index < -0.39 is 5.97 Å². The molecule has 0 spiro atoms. The second-order valence-electron chi connectivity index (χ2n) is 5.07. The molecule has 0 rings (SSSR count). The van der Waals surface area contributed by atoms with Gasteiger partial charge in [-0.2, -0.15) is 0 Å². The lowest BCUT2D eigenvalue weighted by molar-refractivity contribution is -0.137. The van der Waals surface area contributed by atoms with Gasteiger partial charge in [-0.15, -0.1) is 0 Å². The average molecular weight is 258 g/mol. The van der Waals surface area contributed by atoms with Crippen molar-refractivity contribution in [2.24, 2.45) is 5.41 Å². The summed E-state index contributed by atoms with van der Waals surface area (Å²) in [5.74, 6) is -1.29. The van der Waals surface area contributed by atoms with Gasteiger partial charge in [0.15, 0.2) is 0 Å². The SMILES string of the molecule is CC(=O)NCC(=O)NCCC(C)(C)CCC(=O)O. The monoisotopic (exact) mass is 258 g/mol. The summed E-state index contributed by atoms with van der Waals surface area (Å²) in [5, 5.41) is 13.7. The molecule has 0 atom stereocenters. The van der Waals surface area contributed by atoms with Crippen LogP contribution in [0.25, 0.3) is 0 Å². The van der Waals surface area contributed by atoms with E-state index in [9.17, 15) is 14.4 Å². The molecule has 0 aromatic carbocycles. The molecule has 6 heteroatoms. The number of nitrogens with one attached hydrogen (secondary N) is 2. The van der Waals surface area contributed by atoms with Gasteiger partial charge < -0.3 is 15.7 Å². The van der Waals surface area contributed by atoms with Crippen LogP contribution in [0.15, 0.2) is 0 Å². The summed E-state index contributed by atoms with van der Waals surface area (Å²) in [4.78, 5) is 32.3. The lowest BCUT2D eigenvalue weighted by Gasteiger charge is -2.23. The molecule has 0 unspecified atom stereocenters. The number of aliphatic carboxylic acids is 1. The van der Waals surface area contributed by atoms with Crippen LogP contribution in [0.4, 0.5) is 0 Å². The predicted octanol–water partition coefficient (Wildman–Crippen LogP) is 0.520. The van der Waals surface area contributed by atoms with E-state index in [-0.39, 0.29) is 30.2 Å². The second-order valence-corrected chi connectivity index (χ2v) is 5.07. The highest BCUT2D eigenvalue weighted by Crippen LogP contribution is 2.25. The molecule has 0 saturated carbocycles. The molecular formula is C12H22N2O4. The molecular weight excluding hydrogens is 236 g/mol. The van der Waals surface area contributed by atoms with E-state index in [1.165, 1.54) is 6.92 Å². The third-order valence-corrected chi connectivity index (χ3v) is 2.64. The number of carboxylic acid groups (broad SMARTS) is 1. The summed E-state index contributed by atoms with van der Waals surface area (Å²) in [6.45, 7) is 5.74. The van der Waals surface area contributed by atoms with E-state index in [0.717, 1.165) is 0 Å². The highest BCUT2D eigenvalue weighted by Gasteiger charge is 2.19. The molecule has 2 amide bonds. The van der Waals surface area contributed by atoms with Gasteiger partial charge >= 0.3 is 5.97 Å². The molecule has 18 heavy (non-hydrogen) atoms. The standard InChI is InChI=1S/C12H22N2O4/c1-9(15)14-8-10(16)13-7-6-12(2,3)5-4-11(17)18/h4-8H2,1-3H3,(H,13,16)(H,14,15)(H,17,18). The van der Waals surface area contributed by atoms with Crippen molar-refractivity contribution in [1.29, 1.82) is 0 Å². The average Bonchev–Trinajstić information content (AvgIpc) is 2.23. The summed E-state index contributed by atoms with van der Waals surface area (Å²) < 4.78 is 0. The van der Waals surface area contributed by atoms with Crippen molar-refractivity contribution in [2.45, 2.75) is 40.0 Å². The fraction of sp³-hybridized carbons (Fsp3) is 0.750. The first-order valence-corrected chi connectivity index (χ1v) is 5.96. The minimum Gasteiger partial charge on any atom is -0.481 e. The largest absolute Gasteiger partial charge is 0.481 e. The van der Waals surface area contributed by atoms with Crippen LogP contribution in [-0.4, -0.2) is 36.0 Å². The highest BCUT2D eigenvalue weighted by molar-refractivity contribution is 5.83. The van der Waals surface area contributed by atoms with Gasteiger partial charge in [0, 0.05) is 19.9 Å². The number of hydrogen-bond donors (Lipinski definition) is 3. The maximum atomic E-state index is 11.3. The number of hydrogen-bond acceptors (Lipinski definition) is 3. The molecule has 0 aromatic heterocycles. The van der Waals surface area contributed by atoms with Gasteiger partial charge in [0.1, 0.15) is 0 Å². The number of rotatable bonds is 8. The van der Waals surface area contributed by atoms with Gasteiger partial charge in [-0.1, -0.05) is 13.8 Å². The third kappa shape index (κ3) is 9.62. The molecule has 104 valence electrons. The van der Waals surface area contributed by atoms with Crippen LogP contribution in [0.2, 0.25) is 0 Å². The van der Waals surface area contributed by atoms with Crippen LogP contribution in [-0.2, 0) is 14.4 Å². The second kappa shape index (κ2) is 7.68. The lowest BCUT2D eigenvalue weighted by atomic mass is 9.84. The Hall–Kier alpha value is -1.59. The Kier molecular flexibility index (Phi) is 7.00. The van der Waals surface area contributed by atoms with Crippen molar-refractivity contribution in [3.8, 4) is 0 Å². The van der Waals surface area contributed by atoms with E-state index >= 15 is 0 Å². The number of amides is 2. The topological polar surface area (TPSA) is 95.5 Å². The zero-order chi connectivity index (χ0) is 14.2. The molecule has 0 fully saturated rings.